The van der Waals surface area contributed by atoms with Crippen molar-refractivity contribution in [2.45, 2.75) is 65.4 Å². The molecule has 2 aromatic carbocycles. The Morgan fingerprint density at radius 2 is 1.73 bits per heavy atom. The lowest BCUT2D eigenvalue weighted by Crippen LogP contribution is -2.32. The second kappa shape index (κ2) is 12.9. The van der Waals surface area contributed by atoms with Crippen LogP contribution in [0.3, 0.4) is 0 Å². The van der Waals surface area contributed by atoms with E-state index in [-0.39, 0.29) is 6.04 Å². The SMILES string of the molecule is CC1=NC(c2[nH]c(CNCc3ccccc3-c3ccccc3CNC(=O)OC(C)(C)C)nc2-c2ccc3ncnn3c2)CC=C1. The Labute approximate surface area is 262 Å². The molecule has 0 saturated heterocycles. The Hall–Kier alpha value is -5.09. The van der Waals surface area contributed by atoms with Crippen LogP contribution in [0.25, 0.3) is 28.0 Å². The second-order valence-corrected chi connectivity index (χ2v) is 12.1. The topological polar surface area (TPSA) is 122 Å². The average molecular weight is 603 g/mol. The quantitative estimate of drug-likeness (QED) is 0.176. The van der Waals surface area contributed by atoms with Crippen LogP contribution >= 0.6 is 0 Å². The number of aliphatic imine (C=N–C) groups is 1. The number of nitrogens with one attached hydrogen (secondary N) is 3. The van der Waals surface area contributed by atoms with Gasteiger partial charge >= 0.3 is 6.09 Å². The lowest BCUT2D eigenvalue weighted by Gasteiger charge is -2.20. The predicted octanol–water partition coefficient (Wildman–Crippen LogP) is 6.56. The van der Waals surface area contributed by atoms with Gasteiger partial charge in [-0.2, -0.15) is 5.10 Å². The van der Waals surface area contributed by atoms with Gasteiger partial charge in [0.1, 0.15) is 17.8 Å². The van der Waals surface area contributed by atoms with E-state index in [1.165, 1.54) is 0 Å². The zero-order valence-electron chi connectivity index (χ0n) is 26.0. The molecule has 0 spiro atoms. The molecule has 6 rings (SSSR count). The van der Waals surface area contributed by atoms with Gasteiger partial charge in [0.25, 0.3) is 0 Å². The Bertz CT molecular complexity index is 1880. The number of dihydropyridines is 1. The number of amides is 1. The number of hydrogen-bond donors (Lipinski definition) is 3. The molecule has 1 aliphatic heterocycles. The molecular weight excluding hydrogens is 564 g/mol. The standard InChI is InChI=1S/C35H38N8O2/c1-23-10-9-15-29(40-23)33-32(26-16-17-31-38-22-39-43(31)21-26)41-30(42-33)20-36-18-24-11-5-7-13-27(24)28-14-8-6-12-25(28)19-37-34(44)45-35(2,3)4/h5-14,16-17,21-22,29,36H,15,18-20H2,1-4H3,(H,37,44)(H,41,42). The molecule has 10 heteroatoms. The molecular formula is C35H38N8O2. The number of carbonyl (C=O) groups excluding carboxylic acids is 1. The number of ether oxygens (including phenoxy) is 1. The summed E-state index contributed by atoms with van der Waals surface area (Å²) in [5.74, 6) is 0.834. The molecule has 1 aliphatic rings. The van der Waals surface area contributed by atoms with Gasteiger partial charge in [0.15, 0.2) is 5.65 Å². The normalized spacial score (nSPS) is 14.8. The van der Waals surface area contributed by atoms with Crippen LogP contribution in [0, 0.1) is 0 Å². The van der Waals surface area contributed by atoms with Crippen molar-refractivity contribution < 1.29 is 9.53 Å². The van der Waals surface area contributed by atoms with Gasteiger partial charge < -0.3 is 20.4 Å². The maximum atomic E-state index is 12.3. The zero-order valence-corrected chi connectivity index (χ0v) is 26.0. The maximum Gasteiger partial charge on any atom is 0.407 e. The summed E-state index contributed by atoms with van der Waals surface area (Å²) in [7, 11) is 0. The highest BCUT2D eigenvalue weighted by Crippen LogP contribution is 2.33. The number of carbonyl (C=O) groups is 1. The van der Waals surface area contributed by atoms with E-state index in [1.807, 2.05) is 76.4 Å². The highest BCUT2D eigenvalue weighted by atomic mass is 16.6. The Morgan fingerprint density at radius 1 is 1.00 bits per heavy atom. The van der Waals surface area contributed by atoms with Crippen LogP contribution in [-0.2, 0) is 24.4 Å². The molecule has 3 aromatic heterocycles. The fourth-order valence-corrected chi connectivity index (χ4v) is 5.50. The van der Waals surface area contributed by atoms with Crippen LogP contribution < -0.4 is 10.6 Å². The molecule has 45 heavy (non-hydrogen) atoms. The Morgan fingerprint density at radius 3 is 2.47 bits per heavy atom. The molecule has 3 N–H and O–H groups in total. The first-order chi connectivity index (χ1) is 21.7. The number of fused-ring (bicyclic) bond motifs is 1. The Balaban J connectivity index is 1.21. The first-order valence-corrected chi connectivity index (χ1v) is 15.2. The summed E-state index contributed by atoms with van der Waals surface area (Å²) in [5.41, 5.74) is 8.36. The third-order valence-corrected chi connectivity index (χ3v) is 7.49. The molecule has 0 fully saturated rings. The van der Waals surface area contributed by atoms with Gasteiger partial charge in [-0.25, -0.2) is 19.3 Å². The number of pyridine rings is 1. The molecule has 5 aromatic rings. The van der Waals surface area contributed by atoms with E-state index in [9.17, 15) is 4.79 Å². The highest BCUT2D eigenvalue weighted by molar-refractivity contribution is 5.93. The van der Waals surface area contributed by atoms with Gasteiger partial charge in [0.05, 0.1) is 24.0 Å². The number of allylic oxidation sites excluding steroid dienone is 1. The molecule has 4 heterocycles. The van der Waals surface area contributed by atoms with Crippen LogP contribution in [0.15, 0.2) is 90.3 Å². The monoisotopic (exact) mass is 602 g/mol. The molecule has 1 unspecified atom stereocenters. The van der Waals surface area contributed by atoms with Crippen molar-refractivity contribution in [2.24, 2.45) is 4.99 Å². The van der Waals surface area contributed by atoms with Gasteiger partial charge in [-0.15, -0.1) is 0 Å². The number of imidazole rings is 1. The molecule has 0 saturated carbocycles. The van der Waals surface area contributed by atoms with Crippen molar-refractivity contribution in [3.63, 3.8) is 0 Å². The van der Waals surface area contributed by atoms with E-state index in [0.717, 1.165) is 62.8 Å². The first-order valence-electron chi connectivity index (χ1n) is 15.2. The number of H-pyrrole nitrogens is 1. The molecule has 230 valence electrons. The summed E-state index contributed by atoms with van der Waals surface area (Å²) >= 11 is 0. The number of aromatic nitrogens is 5. The summed E-state index contributed by atoms with van der Waals surface area (Å²) in [4.78, 5) is 30.1. The number of alkyl carbamates (subject to hydrolysis) is 1. The van der Waals surface area contributed by atoms with Crippen LogP contribution in [0.1, 0.15) is 62.8 Å². The van der Waals surface area contributed by atoms with E-state index in [4.69, 9.17) is 14.7 Å². The predicted molar refractivity (Wildman–Crippen MR) is 176 cm³/mol. The number of rotatable bonds is 9. The van der Waals surface area contributed by atoms with E-state index in [1.54, 1.807) is 10.8 Å². The van der Waals surface area contributed by atoms with Crippen molar-refractivity contribution in [1.29, 1.82) is 0 Å². The van der Waals surface area contributed by atoms with Crippen molar-refractivity contribution in [3.8, 4) is 22.4 Å². The van der Waals surface area contributed by atoms with Gasteiger partial charge in [-0.3, -0.25) is 4.99 Å². The number of aromatic amines is 1. The summed E-state index contributed by atoms with van der Waals surface area (Å²) in [6, 6.07) is 20.4. The van der Waals surface area contributed by atoms with Gasteiger partial charge in [-0.05, 0) is 74.6 Å². The molecule has 0 aliphatic carbocycles. The zero-order chi connectivity index (χ0) is 31.4. The number of nitrogens with zero attached hydrogens (tertiary/aromatic N) is 5. The molecule has 1 atom stereocenters. The van der Waals surface area contributed by atoms with Gasteiger partial charge in [0, 0.05) is 30.6 Å². The smallest absolute Gasteiger partial charge is 0.407 e. The van der Waals surface area contributed by atoms with Gasteiger partial charge in [-0.1, -0.05) is 54.6 Å². The minimum Gasteiger partial charge on any atom is -0.444 e. The summed E-state index contributed by atoms with van der Waals surface area (Å²) < 4.78 is 7.20. The van der Waals surface area contributed by atoms with Crippen LogP contribution in [0.2, 0.25) is 0 Å². The highest BCUT2D eigenvalue weighted by Gasteiger charge is 2.22. The fraction of sp³-hybridized carbons (Fsp3) is 0.286. The maximum absolute atomic E-state index is 12.3. The third-order valence-electron chi connectivity index (χ3n) is 7.49. The fourth-order valence-electron chi connectivity index (χ4n) is 5.50. The van der Waals surface area contributed by atoms with Crippen molar-refractivity contribution in [3.05, 3.63) is 108 Å². The van der Waals surface area contributed by atoms with Crippen LogP contribution in [0.5, 0.6) is 0 Å². The van der Waals surface area contributed by atoms with Crippen LogP contribution in [-0.4, -0.2) is 42.0 Å². The molecule has 10 nitrogen and oxygen atoms in total. The van der Waals surface area contributed by atoms with Crippen molar-refractivity contribution >= 4 is 17.5 Å². The van der Waals surface area contributed by atoms with Crippen molar-refractivity contribution in [2.75, 3.05) is 0 Å². The van der Waals surface area contributed by atoms with Crippen molar-refractivity contribution in [1.82, 2.24) is 35.2 Å². The van der Waals surface area contributed by atoms with Gasteiger partial charge in [0.2, 0.25) is 0 Å². The Kier molecular flexibility index (Phi) is 8.57. The summed E-state index contributed by atoms with van der Waals surface area (Å²) in [5, 5.41) is 10.8. The third kappa shape index (κ3) is 7.18. The van der Waals surface area contributed by atoms with E-state index < -0.39 is 11.7 Å². The van der Waals surface area contributed by atoms with E-state index >= 15 is 0 Å². The van der Waals surface area contributed by atoms with Crippen LogP contribution in [0.4, 0.5) is 4.79 Å². The van der Waals surface area contributed by atoms with E-state index in [0.29, 0.717) is 19.6 Å². The lowest BCUT2D eigenvalue weighted by atomic mass is 9.95. The molecule has 0 bridgehead atoms. The number of benzene rings is 2. The number of hydrogen-bond acceptors (Lipinski definition) is 7. The molecule has 0 radical (unpaired) electrons. The summed E-state index contributed by atoms with van der Waals surface area (Å²) in [6.45, 7) is 9.12. The van der Waals surface area contributed by atoms with E-state index in [2.05, 4.69) is 56.1 Å². The largest absolute Gasteiger partial charge is 0.444 e. The summed E-state index contributed by atoms with van der Waals surface area (Å²) in [6.07, 6.45) is 8.09. The lowest BCUT2D eigenvalue weighted by molar-refractivity contribution is 0.0523. The minimum absolute atomic E-state index is 0.0378. The minimum atomic E-state index is -0.554. The average Bonchev–Trinajstić information content (AvgIpc) is 3.67. The second-order valence-electron chi connectivity index (χ2n) is 12.1. The first kappa shape index (κ1) is 30.0. The molecule has 1 amide bonds.